The van der Waals surface area contributed by atoms with Crippen LogP contribution >= 0.6 is 31.9 Å². The minimum atomic E-state index is -0.273. The Morgan fingerprint density at radius 2 is 2.27 bits per heavy atom. The molecule has 0 aromatic heterocycles. The molecule has 3 heteroatoms. The Bertz CT molecular complexity index is 143. The molecule has 0 amide bonds. The average Bonchev–Trinajstić information content (AvgIpc) is 1.86. The quantitative estimate of drug-likeness (QED) is 0.821. The van der Waals surface area contributed by atoms with Crippen LogP contribution in [0.5, 0.6) is 0 Å². The van der Waals surface area contributed by atoms with Gasteiger partial charge in [0.15, 0.2) is 0 Å². The van der Waals surface area contributed by atoms with E-state index in [1.165, 1.54) is 0 Å². The van der Waals surface area contributed by atoms with Gasteiger partial charge in [0.1, 0.15) is 0 Å². The molecule has 0 saturated carbocycles. The second-order valence-corrected chi connectivity index (χ2v) is 3.96. The summed E-state index contributed by atoms with van der Waals surface area (Å²) in [5.74, 6) is 0. The van der Waals surface area contributed by atoms with Crippen molar-refractivity contribution >= 4 is 31.9 Å². The van der Waals surface area contributed by atoms with Gasteiger partial charge in [0, 0.05) is 6.42 Å². The molecular weight excluding hydrogens is 272 g/mol. The van der Waals surface area contributed by atoms with Gasteiger partial charge in [-0.15, -0.1) is 0 Å². The van der Waals surface area contributed by atoms with Crippen LogP contribution in [0, 0.1) is 0 Å². The molecule has 0 fully saturated rings. The minimum absolute atomic E-state index is 0.273. The number of hydrogen-bond donors (Lipinski definition) is 1. The zero-order chi connectivity index (χ0) is 8.69. The molecule has 1 unspecified atom stereocenters. The van der Waals surface area contributed by atoms with Gasteiger partial charge < -0.3 is 5.11 Å². The van der Waals surface area contributed by atoms with Crippen LogP contribution in [0.4, 0.5) is 0 Å². The summed E-state index contributed by atoms with van der Waals surface area (Å²) in [6, 6.07) is 0. The first kappa shape index (κ1) is 11.4. The first-order valence-electron chi connectivity index (χ1n) is 3.43. The van der Waals surface area contributed by atoms with E-state index in [0.717, 1.165) is 17.3 Å². The van der Waals surface area contributed by atoms with Crippen molar-refractivity contribution in [3.8, 4) is 0 Å². The Hall–Kier alpha value is 0.400. The second-order valence-electron chi connectivity index (χ2n) is 2.31. The first-order valence-corrected chi connectivity index (χ1v) is 5.14. The maximum Gasteiger partial charge on any atom is 0.0588 e. The van der Waals surface area contributed by atoms with E-state index in [0.29, 0.717) is 6.42 Å². The highest BCUT2D eigenvalue weighted by Gasteiger charge is 2.02. The summed E-state index contributed by atoms with van der Waals surface area (Å²) < 4.78 is 0.854. The fourth-order valence-corrected chi connectivity index (χ4v) is 1.35. The van der Waals surface area contributed by atoms with Gasteiger partial charge in [-0.05, 0) is 22.3 Å². The van der Waals surface area contributed by atoms with Gasteiger partial charge in [-0.25, -0.2) is 0 Å². The summed E-state index contributed by atoms with van der Waals surface area (Å²) in [5.41, 5.74) is 0. The van der Waals surface area contributed by atoms with Crippen LogP contribution in [0.2, 0.25) is 0 Å². The highest BCUT2D eigenvalue weighted by Crippen LogP contribution is 2.13. The summed E-state index contributed by atoms with van der Waals surface area (Å²) in [5, 5.41) is 9.31. The molecule has 0 spiro atoms. The monoisotopic (exact) mass is 282 g/mol. The third-order valence-corrected chi connectivity index (χ3v) is 1.91. The van der Waals surface area contributed by atoms with Crippen molar-refractivity contribution in [2.45, 2.75) is 25.4 Å². The van der Waals surface area contributed by atoms with Crippen molar-refractivity contribution in [1.29, 1.82) is 0 Å². The van der Waals surface area contributed by atoms with Gasteiger partial charge in [0.2, 0.25) is 0 Å². The van der Waals surface area contributed by atoms with E-state index >= 15 is 0 Å². The Morgan fingerprint density at radius 1 is 1.64 bits per heavy atom. The number of halogens is 2. The Labute approximate surface area is 84.4 Å². The van der Waals surface area contributed by atoms with Gasteiger partial charge in [-0.2, -0.15) is 0 Å². The standard InChI is InChI=1S/C8H12Br2O/c1-7(10)6-8(11)4-2-3-5-9/h3,5,8,11H,1-2,4,6H2/b5-3-. The van der Waals surface area contributed by atoms with Crippen LogP contribution in [-0.4, -0.2) is 11.2 Å². The average molecular weight is 284 g/mol. The summed E-state index contributed by atoms with van der Waals surface area (Å²) in [4.78, 5) is 1.81. The highest BCUT2D eigenvalue weighted by atomic mass is 79.9. The smallest absolute Gasteiger partial charge is 0.0588 e. The van der Waals surface area contributed by atoms with Gasteiger partial charge in [-0.1, -0.05) is 44.5 Å². The Morgan fingerprint density at radius 3 is 2.73 bits per heavy atom. The zero-order valence-corrected chi connectivity index (χ0v) is 9.44. The molecule has 11 heavy (non-hydrogen) atoms. The Balaban J connectivity index is 3.36. The van der Waals surface area contributed by atoms with Crippen LogP contribution in [-0.2, 0) is 0 Å². The third kappa shape index (κ3) is 8.30. The topological polar surface area (TPSA) is 20.2 Å². The van der Waals surface area contributed by atoms with E-state index in [1.54, 1.807) is 0 Å². The molecule has 64 valence electrons. The molecule has 0 aliphatic rings. The summed E-state index contributed by atoms with van der Waals surface area (Å²) in [6.45, 7) is 3.65. The predicted octanol–water partition coefficient (Wildman–Crippen LogP) is 3.33. The molecule has 1 N–H and O–H groups in total. The summed E-state index contributed by atoms with van der Waals surface area (Å²) in [7, 11) is 0. The molecule has 0 bridgehead atoms. The van der Waals surface area contributed by atoms with Crippen LogP contribution in [0.25, 0.3) is 0 Å². The number of aliphatic hydroxyl groups is 1. The molecule has 0 aliphatic carbocycles. The first-order chi connectivity index (χ1) is 5.16. The number of allylic oxidation sites excluding steroid dienone is 1. The lowest BCUT2D eigenvalue weighted by atomic mass is 10.1. The Kier molecular flexibility index (Phi) is 7.33. The van der Waals surface area contributed by atoms with Crippen molar-refractivity contribution in [2.75, 3.05) is 0 Å². The molecule has 0 heterocycles. The van der Waals surface area contributed by atoms with Crippen LogP contribution in [0.15, 0.2) is 22.1 Å². The highest BCUT2D eigenvalue weighted by molar-refractivity contribution is 9.11. The molecule has 0 rings (SSSR count). The van der Waals surface area contributed by atoms with E-state index in [4.69, 9.17) is 0 Å². The molecule has 1 nitrogen and oxygen atoms in total. The fourth-order valence-electron chi connectivity index (χ4n) is 0.709. The van der Waals surface area contributed by atoms with Gasteiger partial charge in [-0.3, -0.25) is 0 Å². The summed E-state index contributed by atoms with van der Waals surface area (Å²) >= 11 is 6.36. The third-order valence-electron chi connectivity index (χ3n) is 1.21. The van der Waals surface area contributed by atoms with E-state index in [2.05, 4.69) is 38.4 Å². The van der Waals surface area contributed by atoms with Gasteiger partial charge in [0.05, 0.1) is 6.10 Å². The number of aliphatic hydroxyl groups excluding tert-OH is 1. The van der Waals surface area contributed by atoms with E-state index in [-0.39, 0.29) is 6.10 Å². The van der Waals surface area contributed by atoms with Crippen molar-refractivity contribution < 1.29 is 5.11 Å². The number of hydrogen-bond acceptors (Lipinski definition) is 1. The largest absolute Gasteiger partial charge is 0.393 e. The van der Waals surface area contributed by atoms with Gasteiger partial charge in [0.25, 0.3) is 0 Å². The maximum absolute atomic E-state index is 9.31. The van der Waals surface area contributed by atoms with Crippen LogP contribution in [0.3, 0.4) is 0 Å². The SMILES string of the molecule is C=C(Br)CC(O)CC/C=C\Br. The lowest BCUT2D eigenvalue weighted by Gasteiger charge is -2.06. The lowest BCUT2D eigenvalue weighted by molar-refractivity contribution is 0.168. The van der Waals surface area contributed by atoms with E-state index in [1.807, 2.05) is 11.1 Å². The van der Waals surface area contributed by atoms with Gasteiger partial charge >= 0.3 is 0 Å². The maximum atomic E-state index is 9.31. The van der Waals surface area contributed by atoms with Crippen molar-refractivity contribution in [3.63, 3.8) is 0 Å². The fraction of sp³-hybridized carbons (Fsp3) is 0.500. The minimum Gasteiger partial charge on any atom is -0.393 e. The van der Waals surface area contributed by atoms with Crippen molar-refractivity contribution in [1.82, 2.24) is 0 Å². The van der Waals surface area contributed by atoms with Crippen LogP contribution < -0.4 is 0 Å². The summed E-state index contributed by atoms with van der Waals surface area (Å²) in [6.07, 6.45) is 4.01. The number of rotatable bonds is 5. The molecule has 1 atom stereocenters. The van der Waals surface area contributed by atoms with E-state index < -0.39 is 0 Å². The van der Waals surface area contributed by atoms with E-state index in [9.17, 15) is 5.11 Å². The van der Waals surface area contributed by atoms with Crippen molar-refractivity contribution in [3.05, 3.63) is 22.1 Å². The molecule has 0 radical (unpaired) electrons. The zero-order valence-electron chi connectivity index (χ0n) is 6.26. The molecule has 0 aromatic carbocycles. The predicted molar refractivity (Wildman–Crippen MR) is 56.0 cm³/mol. The molecule has 0 aromatic rings. The van der Waals surface area contributed by atoms with Crippen LogP contribution in [0.1, 0.15) is 19.3 Å². The lowest BCUT2D eigenvalue weighted by Crippen LogP contribution is -2.04. The van der Waals surface area contributed by atoms with Crippen molar-refractivity contribution in [2.24, 2.45) is 0 Å². The normalized spacial score (nSPS) is 13.7. The molecule has 0 saturated heterocycles. The second kappa shape index (κ2) is 7.07. The molecule has 0 aliphatic heterocycles. The molecular formula is C8H12Br2O.